The normalized spacial score (nSPS) is 24.8. The van der Waals surface area contributed by atoms with Gasteiger partial charge in [0.1, 0.15) is 5.82 Å². The number of carbonyl (C=O) groups excluding carboxylic acids is 1. The van der Waals surface area contributed by atoms with E-state index in [1.807, 2.05) is 10.6 Å². The van der Waals surface area contributed by atoms with Crippen molar-refractivity contribution in [1.82, 2.24) is 30.0 Å². The lowest BCUT2D eigenvalue weighted by Crippen LogP contribution is -2.43. The molecule has 1 unspecified atom stereocenters. The molecule has 1 N–H and O–H groups in total. The second-order valence-electron chi connectivity index (χ2n) is 8.14. The van der Waals surface area contributed by atoms with E-state index in [1.54, 1.807) is 0 Å². The van der Waals surface area contributed by atoms with Gasteiger partial charge in [-0.3, -0.25) is 4.79 Å². The van der Waals surface area contributed by atoms with Gasteiger partial charge in [0, 0.05) is 38.5 Å². The maximum atomic E-state index is 11.3. The summed E-state index contributed by atoms with van der Waals surface area (Å²) in [6.45, 7) is 6.26. The molecule has 3 aliphatic rings. The Labute approximate surface area is 158 Å². The summed E-state index contributed by atoms with van der Waals surface area (Å²) in [5, 5.41) is 16.6. The van der Waals surface area contributed by atoms with Gasteiger partial charge in [-0.05, 0) is 56.8 Å². The Morgan fingerprint density at radius 2 is 1.93 bits per heavy atom. The highest BCUT2D eigenvalue weighted by atomic mass is 16.1. The molecule has 0 bridgehead atoms. The third-order valence-corrected chi connectivity index (χ3v) is 6.29. The molecule has 5 rings (SSSR count). The second kappa shape index (κ2) is 7.07. The number of nitrogens with zero attached hydrogens (tertiary/aromatic N) is 6. The maximum Gasteiger partial charge on any atom is 0.220 e. The smallest absolute Gasteiger partial charge is 0.220 e. The molecule has 8 heteroatoms. The van der Waals surface area contributed by atoms with Gasteiger partial charge in [-0.25, -0.2) is 0 Å². The molecule has 3 saturated heterocycles. The van der Waals surface area contributed by atoms with E-state index >= 15 is 0 Å². The quantitative estimate of drug-likeness (QED) is 0.868. The molecular weight excluding hydrogens is 342 g/mol. The van der Waals surface area contributed by atoms with E-state index in [0.717, 1.165) is 75.8 Å². The molecule has 2 aromatic rings. The lowest BCUT2D eigenvalue weighted by Gasteiger charge is -2.35. The van der Waals surface area contributed by atoms with Crippen molar-refractivity contribution in [3.05, 3.63) is 18.0 Å². The van der Waals surface area contributed by atoms with Crippen LogP contribution in [0.4, 0.5) is 5.82 Å². The molecule has 3 aliphatic heterocycles. The van der Waals surface area contributed by atoms with E-state index in [1.165, 1.54) is 6.42 Å². The molecule has 27 heavy (non-hydrogen) atoms. The molecule has 8 nitrogen and oxygen atoms in total. The fourth-order valence-electron chi connectivity index (χ4n) is 4.44. The molecule has 3 fully saturated rings. The molecule has 5 heterocycles. The summed E-state index contributed by atoms with van der Waals surface area (Å²) >= 11 is 0. The number of hydrogen-bond donors (Lipinski definition) is 1. The Bertz CT molecular complexity index is 813. The maximum absolute atomic E-state index is 11.3. The number of anilines is 1. The van der Waals surface area contributed by atoms with Crippen molar-refractivity contribution in [3.63, 3.8) is 0 Å². The first-order valence-electron chi connectivity index (χ1n) is 10.2. The minimum Gasteiger partial charge on any atom is -0.356 e. The van der Waals surface area contributed by atoms with Crippen molar-refractivity contribution in [1.29, 1.82) is 0 Å². The van der Waals surface area contributed by atoms with Crippen LogP contribution >= 0.6 is 0 Å². The average Bonchev–Trinajstić information content (AvgIpc) is 3.06. The molecule has 1 amide bonds. The summed E-state index contributed by atoms with van der Waals surface area (Å²) in [6, 6.07) is 4.09. The van der Waals surface area contributed by atoms with E-state index in [2.05, 4.69) is 31.4 Å². The highest BCUT2D eigenvalue weighted by Crippen LogP contribution is 2.28. The molecule has 1 atom stereocenters. The van der Waals surface area contributed by atoms with Crippen LogP contribution in [0.15, 0.2) is 12.1 Å². The van der Waals surface area contributed by atoms with Gasteiger partial charge < -0.3 is 15.1 Å². The van der Waals surface area contributed by atoms with E-state index in [4.69, 9.17) is 5.10 Å². The molecule has 0 aliphatic carbocycles. The van der Waals surface area contributed by atoms with Crippen molar-refractivity contribution in [2.24, 2.45) is 5.92 Å². The molecule has 0 aromatic carbocycles. The van der Waals surface area contributed by atoms with Crippen LogP contribution < -0.4 is 10.2 Å². The Morgan fingerprint density at radius 1 is 1.07 bits per heavy atom. The monoisotopic (exact) mass is 369 g/mol. The lowest BCUT2D eigenvalue weighted by atomic mass is 9.93. The fourth-order valence-corrected chi connectivity index (χ4v) is 4.44. The van der Waals surface area contributed by atoms with Gasteiger partial charge in [-0.15, -0.1) is 15.3 Å². The zero-order chi connectivity index (χ0) is 18.2. The Morgan fingerprint density at radius 3 is 2.63 bits per heavy atom. The number of hydrogen-bond acceptors (Lipinski definition) is 6. The molecular formula is C19H27N7O. The van der Waals surface area contributed by atoms with Crippen LogP contribution in [0.3, 0.4) is 0 Å². The number of carbonyl (C=O) groups is 1. The number of nitrogens with one attached hydrogen (secondary N) is 1. The summed E-state index contributed by atoms with van der Waals surface area (Å²) < 4.78 is 1.96. The van der Waals surface area contributed by atoms with Crippen LogP contribution in [-0.4, -0.2) is 69.9 Å². The molecule has 0 radical (unpaired) electrons. The largest absolute Gasteiger partial charge is 0.356 e. The van der Waals surface area contributed by atoms with Gasteiger partial charge in [-0.1, -0.05) is 0 Å². The first-order chi connectivity index (χ1) is 13.3. The number of aromatic nitrogens is 4. The summed E-state index contributed by atoms with van der Waals surface area (Å²) in [5.41, 5.74) is 0.842. The Kier molecular flexibility index (Phi) is 4.43. The van der Waals surface area contributed by atoms with Crippen LogP contribution in [0, 0.1) is 5.92 Å². The SMILES string of the molecule is O=C1CCC(CN2CCC(c3nnc4ccc(N5CCC5)nn34)CC2)CN1. The number of likely N-dealkylation sites (tertiary alicyclic amines) is 1. The van der Waals surface area contributed by atoms with Crippen molar-refractivity contribution in [2.75, 3.05) is 44.2 Å². The standard InChI is InChI=1S/C19H27N7O/c27-18-5-2-14(12-20-18)13-24-10-6-15(7-11-24)19-22-21-16-3-4-17(23-26(16)19)25-8-1-9-25/h3-4,14-15H,1-2,5-13H2,(H,20,27). The van der Waals surface area contributed by atoms with E-state index < -0.39 is 0 Å². The van der Waals surface area contributed by atoms with Crippen molar-refractivity contribution < 1.29 is 4.79 Å². The van der Waals surface area contributed by atoms with Crippen LogP contribution in [0.5, 0.6) is 0 Å². The third-order valence-electron chi connectivity index (χ3n) is 6.29. The number of amides is 1. The number of piperidine rings is 2. The summed E-state index contributed by atoms with van der Waals surface area (Å²) in [7, 11) is 0. The second-order valence-corrected chi connectivity index (χ2v) is 8.14. The minimum atomic E-state index is 0.203. The summed E-state index contributed by atoms with van der Waals surface area (Å²) in [4.78, 5) is 16.2. The van der Waals surface area contributed by atoms with Gasteiger partial charge in [0.15, 0.2) is 11.5 Å². The minimum absolute atomic E-state index is 0.203. The molecule has 2 aromatic heterocycles. The van der Waals surface area contributed by atoms with Crippen LogP contribution in [0.1, 0.15) is 43.8 Å². The summed E-state index contributed by atoms with van der Waals surface area (Å²) in [5.74, 6) is 3.26. The van der Waals surface area contributed by atoms with E-state index in [-0.39, 0.29) is 5.91 Å². The first-order valence-corrected chi connectivity index (χ1v) is 10.2. The topological polar surface area (TPSA) is 78.7 Å². The van der Waals surface area contributed by atoms with Gasteiger partial charge >= 0.3 is 0 Å². The zero-order valence-electron chi connectivity index (χ0n) is 15.7. The van der Waals surface area contributed by atoms with Crippen molar-refractivity contribution in [3.8, 4) is 0 Å². The van der Waals surface area contributed by atoms with Crippen LogP contribution in [0.2, 0.25) is 0 Å². The third kappa shape index (κ3) is 3.38. The fraction of sp³-hybridized carbons (Fsp3) is 0.684. The van der Waals surface area contributed by atoms with Crippen molar-refractivity contribution in [2.45, 2.75) is 38.0 Å². The van der Waals surface area contributed by atoms with E-state index in [0.29, 0.717) is 18.3 Å². The van der Waals surface area contributed by atoms with Gasteiger partial charge in [0.25, 0.3) is 0 Å². The number of fused-ring (bicyclic) bond motifs is 1. The number of rotatable bonds is 4. The predicted octanol–water partition coefficient (Wildman–Crippen LogP) is 1.04. The first kappa shape index (κ1) is 16.9. The lowest BCUT2D eigenvalue weighted by molar-refractivity contribution is -0.123. The van der Waals surface area contributed by atoms with Crippen LogP contribution in [0.25, 0.3) is 5.65 Å². The average molecular weight is 369 g/mol. The molecule has 0 spiro atoms. The molecule has 0 saturated carbocycles. The zero-order valence-corrected chi connectivity index (χ0v) is 15.7. The molecule has 144 valence electrons. The highest BCUT2D eigenvalue weighted by Gasteiger charge is 2.28. The predicted molar refractivity (Wildman–Crippen MR) is 102 cm³/mol. The summed E-state index contributed by atoms with van der Waals surface area (Å²) in [6.07, 6.45) is 5.13. The van der Waals surface area contributed by atoms with Crippen molar-refractivity contribution >= 4 is 17.4 Å². The van der Waals surface area contributed by atoms with Crippen LogP contribution in [-0.2, 0) is 4.79 Å². The van der Waals surface area contributed by atoms with Gasteiger partial charge in [-0.2, -0.15) is 4.52 Å². The van der Waals surface area contributed by atoms with Gasteiger partial charge in [0.2, 0.25) is 5.91 Å². The van der Waals surface area contributed by atoms with E-state index in [9.17, 15) is 4.79 Å². The highest BCUT2D eigenvalue weighted by molar-refractivity contribution is 5.76. The van der Waals surface area contributed by atoms with Gasteiger partial charge in [0.05, 0.1) is 0 Å². The Balaban J connectivity index is 1.23. The Hall–Kier alpha value is -2.22.